The summed E-state index contributed by atoms with van der Waals surface area (Å²) in [5.74, 6) is 6.66. The lowest BCUT2D eigenvalue weighted by molar-refractivity contribution is -0.115. The highest BCUT2D eigenvalue weighted by Gasteiger charge is 2.57. The van der Waals surface area contributed by atoms with Gasteiger partial charge in [-0.3, -0.25) is 4.79 Å². The van der Waals surface area contributed by atoms with Crippen molar-refractivity contribution < 1.29 is 4.79 Å². The second-order valence-corrected chi connectivity index (χ2v) is 10.9. The molecule has 0 aromatic rings. The summed E-state index contributed by atoms with van der Waals surface area (Å²) in [7, 11) is 0. The molecule has 2 aliphatic heterocycles. The maximum atomic E-state index is 11.9. The highest BCUT2D eigenvalue weighted by atomic mass is 16.1. The number of carbonyl (C=O) groups is 1. The van der Waals surface area contributed by atoms with E-state index in [1.807, 2.05) is 6.08 Å². The van der Waals surface area contributed by atoms with Crippen LogP contribution in [0.15, 0.2) is 22.9 Å². The molecule has 8 atom stereocenters. The van der Waals surface area contributed by atoms with Gasteiger partial charge < -0.3 is 4.90 Å². The molecule has 146 valence electrons. The Kier molecular flexibility index (Phi) is 3.73. The quantitative estimate of drug-likeness (QED) is 0.576. The summed E-state index contributed by atoms with van der Waals surface area (Å²) < 4.78 is 0. The van der Waals surface area contributed by atoms with E-state index >= 15 is 0 Å². The molecule has 3 saturated carbocycles. The molecule has 4 fully saturated rings. The van der Waals surface area contributed by atoms with Gasteiger partial charge in [0.1, 0.15) is 0 Å². The van der Waals surface area contributed by atoms with E-state index in [2.05, 4.69) is 18.7 Å². The molecule has 1 saturated heterocycles. The smallest absolute Gasteiger partial charge is 0.155 e. The molecule has 2 heteroatoms. The lowest BCUT2D eigenvalue weighted by atomic mass is 9.55. The summed E-state index contributed by atoms with van der Waals surface area (Å²) >= 11 is 0. The fourth-order valence-electron chi connectivity index (χ4n) is 8.78. The Labute approximate surface area is 164 Å². The van der Waals surface area contributed by atoms with Gasteiger partial charge in [0.05, 0.1) is 0 Å². The topological polar surface area (TPSA) is 20.3 Å². The average Bonchev–Trinajstić information content (AvgIpc) is 3.17. The first-order valence-electron chi connectivity index (χ1n) is 11.8. The van der Waals surface area contributed by atoms with Gasteiger partial charge in [0.25, 0.3) is 0 Å². The predicted octanol–water partition coefficient (Wildman–Crippen LogP) is 5.35. The van der Waals surface area contributed by atoms with Crippen LogP contribution in [0, 0.1) is 41.4 Å². The second-order valence-electron chi connectivity index (χ2n) is 10.9. The number of hydrogen-bond acceptors (Lipinski definition) is 2. The van der Waals surface area contributed by atoms with Crippen molar-refractivity contribution in [2.24, 2.45) is 41.4 Å². The Morgan fingerprint density at radius 2 is 1.78 bits per heavy atom. The van der Waals surface area contributed by atoms with Crippen molar-refractivity contribution in [3.8, 4) is 0 Å². The minimum atomic E-state index is 0.399. The normalized spacial score (nSPS) is 48.4. The summed E-state index contributed by atoms with van der Waals surface area (Å²) in [6, 6.07) is 0.835. The van der Waals surface area contributed by atoms with Crippen LogP contribution in [-0.4, -0.2) is 23.3 Å². The summed E-state index contributed by atoms with van der Waals surface area (Å²) in [6.07, 6.45) is 13.7. The molecule has 0 amide bonds. The van der Waals surface area contributed by atoms with Crippen LogP contribution in [0.3, 0.4) is 0 Å². The SMILES string of the molecule is CC1=C2CC[C@H](C)CN2[C@@H]2C[C@@H]3[C@@H]4CCC5=CC(=O)CC[C@@H]5[C@@H]4CC[C@H]3[C@@H]12. The molecule has 6 aliphatic rings. The Bertz CT molecular complexity index is 733. The highest BCUT2D eigenvalue weighted by molar-refractivity contribution is 5.91. The van der Waals surface area contributed by atoms with Crippen molar-refractivity contribution in [3.63, 3.8) is 0 Å². The zero-order chi connectivity index (χ0) is 18.3. The molecule has 2 nitrogen and oxygen atoms in total. The third-order valence-corrected chi connectivity index (χ3v) is 9.76. The Hall–Kier alpha value is -1.05. The van der Waals surface area contributed by atoms with E-state index in [-0.39, 0.29) is 0 Å². The minimum absolute atomic E-state index is 0.399. The first kappa shape index (κ1) is 16.9. The van der Waals surface area contributed by atoms with Crippen LogP contribution >= 0.6 is 0 Å². The van der Waals surface area contributed by atoms with Crippen LogP contribution in [0.1, 0.15) is 71.6 Å². The number of carbonyl (C=O) groups excluding carboxylic acids is 1. The van der Waals surface area contributed by atoms with Crippen molar-refractivity contribution in [3.05, 3.63) is 22.9 Å². The van der Waals surface area contributed by atoms with Crippen molar-refractivity contribution in [1.82, 2.24) is 4.90 Å². The maximum Gasteiger partial charge on any atom is 0.155 e. The van der Waals surface area contributed by atoms with Crippen molar-refractivity contribution in [2.75, 3.05) is 6.54 Å². The van der Waals surface area contributed by atoms with Crippen LogP contribution in [0.5, 0.6) is 0 Å². The number of rotatable bonds is 0. The van der Waals surface area contributed by atoms with Gasteiger partial charge in [-0.1, -0.05) is 12.5 Å². The molecule has 0 spiro atoms. The molecule has 0 N–H and O–H groups in total. The van der Waals surface area contributed by atoms with E-state index in [1.54, 1.807) is 11.3 Å². The summed E-state index contributed by atoms with van der Waals surface area (Å²) in [4.78, 5) is 14.8. The Morgan fingerprint density at radius 3 is 2.67 bits per heavy atom. The van der Waals surface area contributed by atoms with Gasteiger partial charge in [-0.15, -0.1) is 0 Å². The fraction of sp³-hybridized carbons (Fsp3) is 0.800. The second kappa shape index (κ2) is 5.97. The number of nitrogens with zero attached hydrogens (tertiary/aromatic N) is 1. The number of allylic oxidation sites excluding steroid dienone is 2. The highest BCUT2D eigenvalue weighted by Crippen LogP contribution is 2.62. The molecular weight excluding hydrogens is 330 g/mol. The fourth-order valence-corrected chi connectivity index (χ4v) is 8.78. The van der Waals surface area contributed by atoms with Crippen LogP contribution in [-0.2, 0) is 4.79 Å². The molecule has 2 heterocycles. The van der Waals surface area contributed by atoms with E-state index in [0.717, 1.165) is 60.3 Å². The first-order chi connectivity index (χ1) is 13.1. The molecule has 27 heavy (non-hydrogen) atoms. The Morgan fingerprint density at radius 1 is 0.926 bits per heavy atom. The zero-order valence-electron chi connectivity index (χ0n) is 17.1. The molecule has 0 bridgehead atoms. The molecule has 0 aromatic carbocycles. The largest absolute Gasteiger partial charge is 0.371 e. The lowest BCUT2D eigenvalue weighted by Crippen LogP contribution is -2.42. The van der Waals surface area contributed by atoms with Gasteiger partial charge in [0.2, 0.25) is 0 Å². The van der Waals surface area contributed by atoms with Gasteiger partial charge in [0, 0.05) is 30.6 Å². The third-order valence-electron chi connectivity index (χ3n) is 9.76. The van der Waals surface area contributed by atoms with Crippen LogP contribution in [0.25, 0.3) is 0 Å². The molecule has 6 rings (SSSR count). The van der Waals surface area contributed by atoms with Crippen molar-refractivity contribution in [1.29, 1.82) is 0 Å². The third kappa shape index (κ3) is 2.34. The predicted molar refractivity (Wildman–Crippen MR) is 108 cm³/mol. The molecule has 0 radical (unpaired) electrons. The molecule has 0 aromatic heterocycles. The monoisotopic (exact) mass is 365 g/mol. The number of hydrogen-bond donors (Lipinski definition) is 0. The van der Waals surface area contributed by atoms with E-state index < -0.39 is 0 Å². The summed E-state index contributed by atoms with van der Waals surface area (Å²) in [5, 5.41) is 0. The lowest BCUT2D eigenvalue weighted by Gasteiger charge is -2.49. The van der Waals surface area contributed by atoms with Gasteiger partial charge >= 0.3 is 0 Å². The van der Waals surface area contributed by atoms with Crippen LogP contribution < -0.4 is 0 Å². The van der Waals surface area contributed by atoms with Crippen molar-refractivity contribution >= 4 is 5.78 Å². The van der Waals surface area contributed by atoms with Gasteiger partial charge in [-0.05, 0) is 105 Å². The molecular formula is C25H35NO. The molecule has 0 unspecified atom stereocenters. The average molecular weight is 366 g/mol. The van der Waals surface area contributed by atoms with E-state index in [1.165, 1.54) is 57.1 Å². The van der Waals surface area contributed by atoms with Crippen LogP contribution in [0.4, 0.5) is 0 Å². The summed E-state index contributed by atoms with van der Waals surface area (Å²) in [5.41, 5.74) is 5.08. The minimum Gasteiger partial charge on any atom is -0.371 e. The summed E-state index contributed by atoms with van der Waals surface area (Å²) in [6.45, 7) is 6.27. The molecule has 4 aliphatic carbocycles. The number of ketones is 1. The number of fused-ring (bicyclic) bond motifs is 9. The van der Waals surface area contributed by atoms with E-state index in [0.29, 0.717) is 5.78 Å². The van der Waals surface area contributed by atoms with E-state index in [9.17, 15) is 4.79 Å². The zero-order valence-corrected chi connectivity index (χ0v) is 17.1. The van der Waals surface area contributed by atoms with Gasteiger partial charge in [0.15, 0.2) is 5.78 Å². The van der Waals surface area contributed by atoms with Gasteiger partial charge in [-0.25, -0.2) is 0 Å². The first-order valence-corrected chi connectivity index (χ1v) is 11.8. The van der Waals surface area contributed by atoms with Crippen molar-refractivity contribution in [2.45, 2.75) is 77.7 Å². The van der Waals surface area contributed by atoms with E-state index in [4.69, 9.17) is 0 Å². The maximum absolute atomic E-state index is 11.9. The van der Waals surface area contributed by atoms with Gasteiger partial charge in [-0.2, -0.15) is 0 Å². The number of piperidine rings is 1. The van der Waals surface area contributed by atoms with Crippen LogP contribution in [0.2, 0.25) is 0 Å². The Balaban J connectivity index is 1.29. The standard InChI is InChI=1S/C25H35NO/c1-14-3-10-23-15(2)25-21-9-8-19-18-7-5-17(27)11-16(18)4-6-20(19)22(21)12-24(25)26(23)13-14/h11,14,18-22,24-25H,3-10,12-13H2,1-2H3/t14-,18-,19-,20+,21+,22+,24+,25+/m0/s1.